The summed E-state index contributed by atoms with van der Waals surface area (Å²) in [5, 5.41) is 3.55. The number of nitrogens with one attached hydrogen (secondary N) is 1. The van der Waals surface area contributed by atoms with Gasteiger partial charge >= 0.3 is 0 Å². The van der Waals surface area contributed by atoms with E-state index in [0.717, 1.165) is 13.1 Å². The van der Waals surface area contributed by atoms with Crippen LogP contribution in [0.25, 0.3) is 0 Å². The van der Waals surface area contributed by atoms with E-state index in [9.17, 15) is 0 Å². The second kappa shape index (κ2) is 9.12. The lowest BCUT2D eigenvalue weighted by molar-refractivity contribution is 0.235. The van der Waals surface area contributed by atoms with Crippen molar-refractivity contribution in [3.8, 4) is 0 Å². The van der Waals surface area contributed by atoms with Crippen LogP contribution in [0.3, 0.4) is 0 Å². The summed E-state index contributed by atoms with van der Waals surface area (Å²) in [5.74, 6) is 0. The van der Waals surface area contributed by atoms with Crippen LogP contribution in [0.4, 0.5) is 0 Å². The smallest absolute Gasteiger partial charge is 0.0469 e. The van der Waals surface area contributed by atoms with Crippen LogP contribution < -0.4 is 5.32 Å². The summed E-state index contributed by atoms with van der Waals surface area (Å²) >= 11 is 0. The van der Waals surface area contributed by atoms with Crippen LogP contribution >= 0.6 is 0 Å². The number of rotatable bonds is 9. The van der Waals surface area contributed by atoms with Crippen molar-refractivity contribution < 1.29 is 0 Å². The van der Waals surface area contributed by atoms with E-state index in [-0.39, 0.29) is 0 Å². The molecule has 1 unspecified atom stereocenters. The molecular formula is C16H28N2. The van der Waals surface area contributed by atoms with Crippen molar-refractivity contribution in [2.24, 2.45) is 0 Å². The van der Waals surface area contributed by atoms with Gasteiger partial charge in [-0.05, 0) is 38.5 Å². The lowest BCUT2D eigenvalue weighted by Gasteiger charge is -2.29. The van der Waals surface area contributed by atoms with Crippen molar-refractivity contribution in [2.45, 2.75) is 39.2 Å². The highest BCUT2D eigenvalue weighted by molar-refractivity contribution is 5.19. The Kier molecular flexibility index (Phi) is 7.70. The highest BCUT2D eigenvalue weighted by atomic mass is 15.1. The van der Waals surface area contributed by atoms with Crippen molar-refractivity contribution in [2.75, 3.05) is 26.7 Å². The Morgan fingerprint density at radius 1 is 1.11 bits per heavy atom. The molecular weight excluding hydrogens is 220 g/mol. The first-order chi connectivity index (χ1) is 8.79. The van der Waals surface area contributed by atoms with Gasteiger partial charge in [-0.2, -0.15) is 0 Å². The first-order valence-electron chi connectivity index (χ1n) is 7.25. The fraction of sp³-hybridized carbons (Fsp3) is 0.625. The molecule has 2 heteroatoms. The number of benzene rings is 1. The van der Waals surface area contributed by atoms with E-state index >= 15 is 0 Å². The molecule has 0 amide bonds. The third-order valence-electron chi connectivity index (χ3n) is 3.35. The average Bonchev–Trinajstić information content (AvgIpc) is 2.42. The van der Waals surface area contributed by atoms with E-state index in [1.165, 1.54) is 31.4 Å². The minimum atomic E-state index is 0.490. The highest BCUT2D eigenvalue weighted by Crippen LogP contribution is 2.18. The summed E-state index contributed by atoms with van der Waals surface area (Å²) in [5.41, 5.74) is 1.42. The molecule has 1 aromatic carbocycles. The summed E-state index contributed by atoms with van der Waals surface area (Å²) in [6.07, 6.45) is 3.72. The molecule has 0 fully saturated rings. The predicted octanol–water partition coefficient (Wildman–Crippen LogP) is 3.46. The molecule has 2 nitrogen and oxygen atoms in total. The molecule has 0 heterocycles. The molecule has 1 rings (SSSR count). The Morgan fingerprint density at radius 3 is 2.44 bits per heavy atom. The van der Waals surface area contributed by atoms with Crippen molar-refractivity contribution >= 4 is 0 Å². The van der Waals surface area contributed by atoms with Crippen molar-refractivity contribution in [1.29, 1.82) is 0 Å². The van der Waals surface area contributed by atoms with Gasteiger partial charge in [0.15, 0.2) is 0 Å². The Bertz CT molecular complexity index is 297. The van der Waals surface area contributed by atoms with Gasteiger partial charge in [0.25, 0.3) is 0 Å². The lowest BCUT2D eigenvalue weighted by atomic mass is 10.1. The van der Waals surface area contributed by atoms with Gasteiger partial charge in [-0.25, -0.2) is 0 Å². The van der Waals surface area contributed by atoms with E-state index in [1.54, 1.807) is 0 Å². The molecule has 0 aliphatic carbocycles. The molecule has 0 saturated carbocycles. The van der Waals surface area contributed by atoms with Crippen LogP contribution in [-0.2, 0) is 0 Å². The van der Waals surface area contributed by atoms with Gasteiger partial charge in [0.2, 0.25) is 0 Å². The van der Waals surface area contributed by atoms with Crippen molar-refractivity contribution in [1.82, 2.24) is 10.2 Å². The van der Waals surface area contributed by atoms with Gasteiger partial charge in [-0.3, -0.25) is 4.90 Å². The molecule has 0 aliphatic rings. The largest absolute Gasteiger partial charge is 0.315 e. The summed E-state index contributed by atoms with van der Waals surface area (Å²) in [6.45, 7) is 7.78. The quantitative estimate of drug-likeness (QED) is 0.673. The number of hydrogen-bond acceptors (Lipinski definition) is 2. The third kappa shape index (κ3) is 5.19. The first kappa shape index (κ1) is 15.2. The monoisotopic (exact) mass is 248 g/mol. The molecule has 0 saturated heterocycles. The molecule has 1 N–H and O–H groups in total. The normalized spacial score (nSPS) is 12.9. The molecule has 102 valence electrons. The number of likely N-dealkylation sites (N-methyl/N-ethyl adjacent to an activating group) is 1. The van der Waals surface area contributed by atoms with Gasteiger partial charge in [0.1, 0.15) is 0 Å². The van der Waals surface area contributed by atoms with Crippen molar-refractivity contribution in [3.05, 3.63) is 35.9 Å². The molecule has 0 aliphatic heterocycles. The van der Waals surface area contributed by atoms with E-state index < -0.39 is 0 Å². The van der Waals surface area contributed by atoms with Crippen LogP contribution in [-0.4, -0.2) is 31.6 Å². The zero-order chi connectivity index (χ0) is 13.2. The molecule has 1 aromatic rings. The van der Waals surface area contributed by atoms with Crippen LogP contribution in [0, 0.1) is 0 Å². The maximum atomic E-state index is 3.55. The Hall–Kier alpha value is -0.860. The summed E-state index contributed by atoms with van der Waals surface area (Å²) in [7, 11) is 2.24. The molecule has 0 radical (unpaired) electrons. The van der Waals surface area contributed by atoms with Gasteiger partial charge in [0.05, 0.1) is 0 Å². The maximum Gasteiger partial charge on any atom is 0.0469 e. The average molecular weight is 248 g/mol. The van der Waals surface area contributed by atoms with Crippen LogP contribution in [0.5, 0.6) is 0 Å². The highest BCUT2D eigenvalue weighted by Gasteiger charge is 2.15. The van der Waals surface area contributed by atoms with Crippen molar-refractivity contribution in [3.63, 3.8) is 0 Å². The minimum Gasteiger partial charge on any atom is -0.315 e. The van der Waals surface area contributed by atoms with Crippen LogP contribution in [0.2, 0.25) is 0 Å². The second-order valence-electron chi connectivity index (χ2n) is 4.96. The van der Waals surface area contributed by atoms with E-state index in [4.69, 9.17) is 0 Å². The topological polar surface area (TPSA) is 15.3 Å². The molecule has 0 spiro atoms. The number of hydrogen-bond donors (Lipinski definition) is 1. The summed E-state index contributed by atoms with van der Waals surface area (Å²) in [4.78, 5) is 2.47. The molecule has 18 heavy (non-hydrogen) atoms. The zero-order valence-corrected chi connectivity index (χ0v) is 12.2. The third-order valence-corrected chi connectivity index (χ3v) is 3.35. The predicted molar refractivity (Wildman–Crippen MR) is 79.9 cm³/mol. The number of nitrogens with zero attached hydrogens (tertiary/aromatic N) is 1. The van der Waals surface area contributed by atoms with Gasteiger partial charge < -0.3 is 5.32 Å². The summed E-state index contributed by atoms with van der Waals surface area (Å²) < 4.78 is 0. The fourth-order valence-corrected chi connectivity index (χ4v) is 2.18. The standard InChI is InChI=1S/C16H28N2/c1-4-6-13-18(3)16(14-17-12-5-2)15-10-8-7-9-11-15/h7-11,16-17H,4-6,12-14H2,1-3H3. The lowest BCUT2D eigenvalue weighted by Crippen LogP contribution is -2.34. The SMILES string of the molecule is CCCCN(C)C(CNCCC)c1ccccc1. The van der Waals surface area contributed by atoms with Crippen LogP contribution in [0.1, 0.15) is 44.7 Å². The Morgan fingerprint density at radius 2 is 1.83 bits per heavy atom. The maximum absolute atomic E-state index is 3.55. The number of unbranched alkanes of at least 4 members (excludes halogenated alkanes) is 1. The molecule has 0 aromatic heterocycles. The van der Waals surface area contributed by atoms with Crippen LogP contribution in [0.15, 0.2) is 30.3 Å². The van der Waals surface area contributed by atoms with Gasteiger partial charge in [-0.1, -0.05) is 50.6 Å². The van der Waals surface area contributed by atoms with E-state index in [1.807, 2.05) is 0 Å². The Balaban J connectivity index is 2.62. The second-order valence-corrected chi connectivity index (χ2v) is 4.96. The minimum absolute atomic E-state index is 0.490. The van der Waals surface area contributed by atoms with E-state index in [2.05, 4.69) is 61.4 Å². The van der Waals surface area contributed by atoms with E-state index in [0.29, 0.717) is 6.04 Å². The fourth-order valence-electron chi connectivity index (χ4n) is 2.18. The first-order valence-corrected chi connectivity index (χ1v) is 7.25. The zero-order valence-electron chi connectivity index (χ0n) is 12.2. The summed E-state index contributed by atoms with van der Waals surface area (Å²) in [6, 6.07) is 11.3. The van der Waals surface area contributed by atoms with Gasteiger partial charge in [0, 0.05) is 12.6 Å². The Labute approximate surface area is 112 Å². The molecule has 0 bridgehead atoms. The molecule has 1 atom stereocenters. The van der Waals surface area contributed by atoms with Gasteiger partial charge in [-0.15, -0.1) is 0 Å².